The van der Waals surface area contributed by atoms with Crippen molar-refractivity contribution in [3.05, 3.63) is 17.8 Å². The summed E-state index contributed by atoms with van der Waals surface area (Å²) < 4.78 is 0. The molecule has 15 heavy (non-hydrogen) atoms. The van der Waals surface area contributed by atoms with Crippen LogP contribution in [0.2, 0.25) is 0 Å². The zero-order valence-corrected chi connectivity index (χ0v) is 8.13. The van der Waals surface area contributed by atoms with Crippen LogP contribution in [0.4, 0.5) is 10.6 Å². The molecule has 1 saturated heterocycles. The standard InChI is InChI=1S/C9H12N4O2/c10-8-2-1-7(11-12-8)6-3-4-13(5-6)9(14)15/h1-2,6H,3-5H2,(H2,10,12)(H,14,15). The van der Waals surface area contributed by atoms with Gasteiger partial charge in [0.05, 0.1) is 5.69 Å². The monoisotopic (exact) mass is 208 g/mol. The van der Waals surface area contributed by atoms with E-state index in [1.165, 1.54) is 4.90 Å². The molecule has 1 amide bonds. The van der Waals surface area contributed by atoms with Crippen LogP contribution in [-0.2, 0) is 0 Å². The van der Waals surface area contributed by atoms with Crippen molar-refractivity contribution in [2.24, 2.45) is 0 Å². The van der Waals surface area contributed by atoms with Crippen molar-refractivity contribution in [2.45, 2.75) is 12.3 Å². The molecule has 1 aromatic heterocycles. The van der Waals surface area contributed by atoms with E-state index in [0.717, 1.165) is 12.1 Å². The van der Waals surface area contributed by atoms with Crippen molar-refractivity contribution in [1.29, 1.82) is 0 Å². The number of rotatable bonds is 1. The summed E-state index contributed by atoms with van der Waals surface area (Å²) in [5.74, 6) is 0.529. The van der Waals surface area contributed by atoms with Crippen molar-refractivity contribution in [2.75, 3.05) is 18.8 Å². The molecule has 1 fully saturated rings. The predicted molar refractivity (Wildman–Crippen MR) is 53.4 cm³/mol. The zero-order valence-electron chi connectivity index (χ0n) is 8.13. The zero-order chi connectivity index (χ0) is 10.8. The lowest BCUT2D eigenvalue weighted by atomic mass is 10.1. The summed E-state index contributed by atoms with van der Waals surface area (Å²) in [4.78, 5) is 12.1. The molecule has 1 aliphatic heterocycles. The molecule has 0 radical (unpaired) electrons. The third kappa shape index (κ3) is 1.98. The molecule has 0 saturated carbocycles. The number of likely N-dealkylation sites (tertiary alicyclic amines) is 1. The summed E-state index contributed by atoms with van der Waals surface area (Å²) in [7, 11) is 0. The first-order valence-electron chi connectivity index (χ1n) is 4.74. The van der Waals surface area contributed by atoms with E-state index in [2.05, 4.69) is 10.2 Å². The fourth-order valence-electron chi connectivity index (χ4n) is 1.75. The van der Waals surface area contributed by atoms with Gasteiger partial charge in [-0.2, -0.15) is 5.10 Å². The Bertz CT molecular complexity index is 365. The van der Waals surface area contributed by atoms with E-state index in [0.29, 0.717) is 18.9 Å². The Kier molecular flexibility index (Phi) is 2.40. The molecule has 0 bridgehead atoms. The number of carbonyl (C=O) groups is 1. The summed E-state index contributed by atoms with van der Waals surface area (Å²) in [6.45, 7) is 1.06. The number of amides is 1. The Hall–Kier alpha value is -1.85. The highest BCUT2D eigenvalue weighted by atomic mass is 16.4. The van der Waals surface area contributed by atoms with Gasteiger partial charge in [-0.05, 0) is 18.6 Å². The quantitative estimate of drug-likeness (QED) is 0.702. The van der Waals surface area contributed by atoms with Crippen LogP contribution in [0.1, 0.15) is 18.0 Å². The van der Waals surface area contributed by atoms with Crippen LogP contribution in [0.5, 0.6) is 0 Å². The molecule has 1 aromatic rings. The Morgan fingerprint density at radius 1 is 1.53 bits per heavy atom. The van der Waals surface area contributed by atoms with E-state index in [9.17, 15) is 4.79 Å². The number of carboxylic acid groups (broad SMARTS) is 1. The van der Waals surface area contributed by atoms with Crippen molar-refractivity contribution in [3.63, 3.8) is 0 Å². The number of hydrogen-bond donors (Lipinski definition) is 2. The topological polar surface area (TPSA) is 92.3 Å². The molecule has 0 aromatic carbocycles. The minimum Gasteiger partial charge on any atom is -0.465 e. The van der Waals surface area contributed by atoms with Crippen LogP contribution in [0.15, 0.2) is 12.1 Å². The van der Waals surface area contributed by atoms with Crippen molar-refractivity contribution in [1.82, 2.24) is 15.1 Å². The van der Waals surface area contributed by atoms with Gasteiger partial charge in [-0.15, -0.1) is 5.10 Å². The minimum absolute atomic E-state index is 0.147. The maximum absolute atomic E-state index is 10.7. The fourth-order valence-corrected chi connectivity index (χ4v) is 1.75. The SMILES string of the molecule is Nc1ccc(C2CCN(C(=O)O)C2)nn1. The summed E-state index contributed by atoms with van der Waals surface area (Å²) >= 11 is 0. The van der Waals surface area contributed by atoms with E-state index in [4.69, 9.17) is 10.8 Å². The smallest absolute Gasteiger partial charge is 0.407 e. The first-order valence-corrected chi connectivity index (χ1v) is 4.74. The first-order chi connectivity index (χ1) is 7.16. The number of hydrogen-bond acceptors (Lipinski definition) is 4. The summed E-state index contributed by atoms with van der Waals surface area (Å²) in [5, 5.41) is 16.5. The Balaban J connectivity index is 2.07. The molecule has 2 rings (SSSR count). The van der Waals surface area contributed by atoms with Gasteiger partial charge in [-0.1, -0.05) is 0 Å². The summed E-state index contributed by atoms with van der Waals surface area (Å²) in [6.07, 6.45) is -0.0776. The average Bonchev–Trinajstić information content (AvgIpc) is 2.68. The van der Waals surface area contributed by atoms with E-state index >= 15 is 0 Å². The van der Waals surface area contributed by atoms with Gasteiger partial charge in [-0.25, -0.2) is 4.79 Å². The normalized spacial score (nSPS) is 20.5. The van der Waals surface area contributed by atoms with Crippen molar-refractivity contribution >= 4 is 11.9 Å². The third-order valence-electron chi connectivity index (χ3n) is 2.58. The van der Waals surface area contributed by atoms with Gasteiger partial charge >= 0.3 is 6.09 Å². The predicted octanol–water partition coefficient (Wildman–Crippen LogP) is 0.526. The second-order valence-electron chi connectivity index (χ2n) is 3.60. The average molecular weight is 208 g/mol. The number of aromatic nitrogens is 2. The lowest BCUT2D eigenvalue weighted by Crippen LogP contribution is -2.26. The Morgan fingerprint density at radius 2 is 2.33 bits per heavy atom. The number of nitrogens with zero attached hydrogens (tertiary/aromatic N) is 3. The molecule has 0 aliphatic carbocycles. The Labute approximate surface area is 86.7 Å². The van der Waals surface area contributed by atoms with Gasteiger partial charge < -0.3 is 15.7 Å². The van der Waals surface area contributed by atoms with Gasteiger partial charge in [0.15, 0.2) is 0 Å². The number of nitrogen functional groups attached to an aromatic ring is 1. The lowest BCUT2D eigenvalue weighted by Gasteiger charge is -2.11. The molecule has 1 atom stereocenters. The van der Waals surface area contributed by atoms with E-state index in [1.54, 1.807) is 12.1 Å². The molecule has 1 aliphatic rings. The van der Waals surface area contributed by atoms with Crippen LogP contribution >= 0.6 is 0 Å². The molecule has 1 unspecified atom stereocenters. The van der Waals surface area contributed by atoms with E-state index in [-0.39, 0.29) is 5.92 Å². The van der Waals surface area contributed by atoms with Gasteiger partial charge in [0.1, 0.15) is 5.82 Å². The highest BCUT2D eigenvalue weighted by Crippen LogP contribution is 2.25. The van der Waals surface area contributed by atoms with Crippen molar-refractivity contribution in [3.8, 4) is 0 Å². The second kappa shape index (κ2) is 3.72. The summed E-state index contributed by atoms with van der Waals surface area (Å²) in [5.41, 5.74) is 6.24. The molecular weight excluding hydrogens is 196 g/mol. The van der Waals surface area contributed by atoms with Crippen LogP contribution in [0.25, 0.3) is 0 Å². The minimum atomic E-state index is -0.874. The molecule has 2 heterocycles. The maximum Gasteiger partial charge on any atom is 0.407 e. The Morgan fingerprint density at radius 3 is 2.87 bits per heavy atom. The highest BCUT2D eigenvalue weighted by Gasteiger charge is 2.27. The maximum atomic E-state index is 10.7. The van der Waals surface area contributed by atoms with Crippen LogP contribution in [0.3, 0.4) is 0 Å². The van der Waals surface area contributed by atoms with Crippen LogP contribution in [0, 0.1) is 0 Å². The number of nitrogens with two attached hydrogens (primary N) is 1. The molecule has 0 spiro atoms. The lowest BCUT2D eigenvalue weighted by molar-refractivity contribution is 0.155. The first kappa shape index (κ1) is 9.70. The molecule has 6 heteroatoms. The fraction of sp³-hybridized carbons (Fsp3) is 0.444. The summed E-state index contributed by atoms with van der Waals surface area (Å²) in [6, 6.07) is 3.49. The van der Waals surface area contributed by atoms with Crippen LogP contribution in [-0.4, -0.2) is 39.4 Å². The molecular formula is C9H12N4O2. The van der Waals surface area contributed by atoms with E-state index in [1.807, 2.05) is 0 Å². The largest absolute Gasteiger partial charge is 0.465 e. The van der Waals surface area contributed by atoms with Crippen LogP contribution < -0.4 is 5.73 Å². The van der Waals surface area contributed by atoms with E-state index < -0.39 is 6.09 Å². The third-order valence-corrected chi connectivity index (χ3v) is 2.58. The van der Waals surface area contributed by atoms with Gasteiger partial charge in [0, 0.05) is 19.0 Å². The molecule has 6 nitrogen and oxygen atoms in total. The van der Waals surface area contributed by atoms with Gasteiger partial charge in [0.2, 0.25) is 0 Å². The van der Waals surface area contributed by atoms with Gasteiger partial charge in [-0.3, -0.25) is 0 Å². The molecule has 3 N–H and O–H groups in total. The van der Waals surface area contributed by atoms with Gasteiger partial charge in [0.25, 0.3) is 0 Å². The number of anilines is 1. The highest BCUT2D eigenvalue weighted by molar-refractivity contribution is 5.65. The van der Waals surface area contributed by atoms with Crippen molar-refractivity contribution < 1.29 is 9.90 Å². The second-order valence-corrected chi connectivity index (χ2v) is 3.60. The molecule has 80 valence electrons.